The molecule has 1 spiro atoms. The van der Waals surface area contributed by atoms with Crippen molar-refractivity contribution in [3.63, 3.8) is 0 Å². The average molecular weight is 484 g/mol. The number of likely N-dealkylation sites (tertiary alicyclic amines) is 1. The number of nitrogens with one attached hydrogen (secondary N) is 2. The largest absolute Gasteiger partial charge is 0.339 e. The number of amides is 3. The first kappa shape index (κ1) is 24.9. The first-order chi connectivity index (χ1) is 16.0. The fourth-order valence-corrected chi connectivity index (χ4v) is 4.24. The van der Waals surface area contributed by atoms with Crippen molar-refractivity contribution in [1.82, 2.24) is 20.7 Å². The number of aromatic nitrogens is 1. The van der Waals surface area contributed by atoms with Gasteiger partial charge in [-0.3, -0.25) is 19.6 Å². The normalized spacial score (nSPS) is 17.1. The summed E-state index contributed by atoms with van der Waals surface area (Å²) in [6, 6.07) is 15.1. The summed E-state index contributed by atoms with van der Waals surface area (Å²) in [6.07, 6.45) is 6.81. The van der Waals surface area contributed by atoms with Crippen LogP contribution in [-0.2, 0) is 14.4 Å². The number of nitrogens with zero attached hydrogens (tertiary/aromatic N) is 3. The van der Waals surface area contributed by atoms with Gasteiger partial charge in [0, 0.05) is 30.9 Å². The lowest BCUT2D eigenvalue weighted by atomic mass is 9.85. The van der Waals surface area contributed by atoms with Crippen LogP contribution in [0.2, 0.25) is 0 Å². The lowest BCUT2D eigenvalue weighted by Gasteiger charge is -2.43. The monoisotopic (exact) mass is 483 g/mol. The van der Waals surface area contributed by atoms with E-state index in [0.717, 1.165) is 11.8 Å². The molecule has 3 amide bonds. The van der Waals surface area contributed by atoms with Crippen molar-refractivity contribution in [3.8, 4) is 0 Å². The molecule has 0 aliphatic carbocycles. The summed E-state index contributed by atoms with van der Waals surface area (Å²) < 4.78 is 0. The van der Waals surface area contributed by atoms with Crippen molar-refractivity contribution < 1.29 is 19.6 Å². The molecule has 0 unspecified atom stereocenters. The number of anilines is 1. The summed E-state index contributed by atoms with van der Waals surface area (Å²) in [5.41, 5.74) is 2.95. The van der Waals surface area contributed by atoms with Crippen LogP contribution in [0.3, 0.4) is 0 Å². The van der Waals surface area contributed by atoms with Gasteiger partial charge in [0.05, 0.1) is 18.1 Å². The Bertz CT molecular complexity index is 1100. The molecule has 34 heavy (non-hydrogen) atoms. The molecule has 2 aliphatic heterocycles. The summed E-state index contributed by atoms with van der Waals surface area (Å²) in [4.78, 5) is 44.8. The quantitative estimate of drug-likeness (QED) is 0.340. The molecular weight excluding hydrogens is 458 g/mol. The van der Waals surface area contributed by atoms with Gasteiger partial charge in [-0.15, -0.1) is 12.4 Å². The molecule has 0 atom stereocenters. The molecule has 3 N–H and O–H groups in total. The van der Waals surface area contributed by atoms with Crippen LogP contribution in [0.5, 0.6) is 0 Å². The Morgan fingerprint density at radius 1 is 1.00 bits per heavy atom. The summed E-state index contributed by atoms with van der Waals surface area (Å²) in [7, 11) is 0. The van der Waals surface area contributed by atoms with Gasteiger partial charge in [0.2, 0.25) is 11.8 Å². The first-order valence-corrected chi connectivity index (χ1v) is 10.7. The number of piperidine rings is 1. The molecule has 1 aromatic heterocycles. The van der Waals surface area contributed by atoms with Gasteiger partial charge >= 0.3 is 0 Å². The predicted molar refractivity (Wildman–Crippen MR) is 130 cm³/mol. The predicted octanol–water partition coefficient (Wildman–Crippen LogP) is 1.99. The van der Waals surface area contributed by atoms with Crippen LogP contribution in [0.4, 0.5) is 5.69 Å². The molecule has 4 rings (SSSR count). The zero-order valence-electron chi connectivity index (χ0n) is 18.4. The second-order valence-corrected chi connectivity index (χ2v) is 7.91. The molecule has 10 heteroatoms. The third-order valence-corrected chi connectivity index (χ3v) is 6.01. The van der Waals surface area contributed by atoms with Gasteiger partial charge < -0.3 is 15.1 Å². The minimum atomic E-state index is -0.655. The van der Waals surface area contributed by atoms with Crippen molar-refractivity contribution in [3.05, 3.63) is 72.1 Å². The van der Waals surface area contributed by atoms with Crippen LogP contribution < -0.4 is 15.7 Å². The smallest absolute Gasteiger partial charge is 0.267 e. The van der Waals surface area contributed by atoms with E-state index in [9.17, 15) is 14.4 Å². The molecule has 2 aliphatic rings. The van der Waals surface area contributed by atoms with Crippen LogP contribution in [0.1, 0.15) is 24.2 Å². The molecular formula is C24H26ClN5O4. The van der Waals surface area contributed by atoms with Gasteiger partial charge in [0.15, 0.2) is 0 Å². The van der Waals surface area contributed by atoms with Gasteiger partial charge in [0.1, 0.15) is 5.54 Å². The molecule has 0 saturated carbocycles. The second-order valence-electron chi connectivity index (χ2n) is 7.91. The topological polar surface area (TPSA) is 115 Å². The fraction of sp³-hybridized carbons (Fsp3) is 0.250. The summed E-state index contributed by atoms with van der Waals surface area (Å²) in [6.45, 7) is 1.42. The Morgan fingerprint density at radius 3 is 2.29 bits per heavy atom. The Labute approximate surface area is 203 Å². The highest BCUT2D eigenvalue weighted by Crippen LogP contribution is 2.36. The Kier molecular flexibility index (Phi) is 8.04. The summed E-state index contributed by atoms with van der Waals surface area (Å²) in [5, 5.41) is 11.5. The van der Waals surface area contributed by atoms with Crippen molar-refractivity contribution in [2.45, 2.75) is 18.4 Å². The summed E-state index contributed by atoms with van der Waals surface area (Å²) in [5.74, 6) is -0.785. The van der Waals surface area contributed by atoms with Gasteiger partial charge in [-0.25, -0.2) is 10.5 Å². The van der Waals surface area contributed by atoms with Crippen molar-refractivity contribution in [2.24, 2.45) is 0 Å². The molecule has 178 valence electrons. The Hall–Kier alpha value is -3.69. The zero-order valence-corrected chi connectivity index (χ0v) is 19.2. The number of carbonyl (C=O) groups excluding carboxylic acids is 3. The third kappa shape index (κ3) is 5.27. The molecule has 9 nitrogen and oxygen atoms in total. The molecule has 0 radical (unpaired) electrons. The van der Waals surface area contributed by atoms with Crippen molar-refractivity contribution >= 4 is 48.0 Å². The van der Waals surface area contributed by atoms with E-state index in [1.54, 1.807) is 29.2 Å². The van der Waals surface area contributed by atoms with E-state index in [1.165, 1.54) is 17.6 Å². The van der Waals surface area contributed by atoms with Crippen LogP contribution in [0.15, 0.2) is 60.7 Å². The molecule has 2 aromatic rings. The fourth-order valence-electron chi connectivity index (χ4n) is 4.24. The van der Waals surface area contributed by atoms with Gasteiger partial charge in [0.25, 0.3) is 5.91 Å². The summed E-state index contributed by atoms with van der Waals surface area (Å²) >= 11 is 0. The standard InChI is InChI=1S/C24H25N5O4.ClH/c30-21(27-33)11-9-18-5-4-6-19(26-18)10-12-22(31)28-15-13-24(14-16-28)23(32)25-17-29(24)20-7-2-1-3-8-20;/h1-12,33H,13-17H2,(H,25,32)(H,27,30);1H/b11-9+,12-10+;. The lowest BCUT2D eigenvalue weighted by Crippen LogP contribution is -2.57. The molecule has 3 heterocycles. The Balaban J connectivity index is 0.00000324. The number of hydroxylamine groups is 1. The number of rotatable bonds is 5. The molecule has 2 fully saturated rings. The second kappa shape index (κ2) is 11.0. The van der Waals surface area contributed by atoms with Crippen LogP contribution >= 0.6 is 12.4 Å². The Morgan fingerprint density at radius 2 is 1.65 bits per heavy atom. The van der Waals surface area contributed by atoms with Gasteiger partial charge in [-0.1, -0.05) is 24.3 Å². The van der Waals surface area contributed by atoms with E-state index in [-0.39, 0.29) is 24.2 Å². The van der Waals surface area contributed by atoms with E-state index in [0.29, 0.717) is 44.0 Å². The number of para-hydroxylation sites is 1. The molecule has 0 bridgehead atoms. The first-order valence-electron chi connectivity index (χ1n) is 10.7. The number of halogens is 1. The van der Waals surface area contributed by atoms with E-state index in [2.05, 4.69) is 15.2 Å². The number of hydrogen-bond donors (Lipinski definition) is 3. The van der Waals surface area contributed by atoms with E-state index < -0.39 is 11.4 Å². The van der Waals surface area contributed by atoms with Crippen LogP contribution in [0.25, 0.3) is 12.2 Å². The molecule has 1 aromatic carbocycles. The van der Waals surface area contributed by atoms with E-state index in [4.69, 9.17) is 5.21 Å². The van der Waals surface area contributed by atoms with E-state index >= 15 is 0 Å². The van der Waals surface area contributed by atoms with Crippen molar-refractivity contribution in [2.75, 3.05) is 24.7 Å². The number of hydrogen-bond acceptors (Lipinski definition) is 6. The van der Waals surface area contributed by atoms with Gasteiger partial charge in [-0.05, 0) is 49.3 Å². The number of benzene rings is 1. The highest BCUT2D eigenvalue weighted by Gasteiger charge is 2.50. The number of carbonyl (C=O) groups is 3. The number of pyridine rings is 1. The van der Waals surface area contributed by atoms with Crippen molar-refractivity contribution in [1.29, 1.82) is 0 Å². The molecule has 2 saturated heterocycles. The lowest BCUT2D eigenvalue weighted by molar-refractivity contribution is -0.131. The highest BCUT2D eigenvalue weighted by molar-refractivity contribution is 5.95. The maximum Gasteiger partial charge on any atom is 0.267 e. The average Bonchev–Trinajstić information content (AvgIpc) is 3.17. The van der Waals surface area contributed by atoms with Gasteiger partial charge in [-0.2, -0.15) is 0 Å². The minimum absolute atomic E-state index is 0. The third-order valence-electron chi connectivity index (χ3n) is 6.01. The highest BCUT2D eigenvalue weighted by atomic mass is 35.5. The maximum absolute atomic E-state index is 12.7. The minimum Gasteiger partial charge on any atom is -0.339 e. The maximum atomic E-state index is 12.7. The zero-order chi connectivity index (χ0) is 23.3. The SMILES string of the molecule is Cl.O=C(/C=C/c1cccc(/C=C/C(=O)N2CCC3(CC2)C(=O)NCN3c2ccccc2)n1)NO. The van der Waals surface area contributed by atoms with E-state index in [1.807, 2.05) is 30.3 Å². The van der Waals surface area contributed by atoms with Crippen LogP contribution in [0, 0.1) is 0 Å². The van der Waals surface area contributed by atoms with Crippen LogP contribution in [-0.4, -0.2) is 58.1 Å².